The molecule has 1 heterocycles. The van der Waals surface area contributed by atoms with Crippen LogP contribution in [0.2, 0.25) is 0 Å². The largest absolute Gasteiger partial charge is 0.445 e. The van der Waals surface area contributed by atoms with Crippen molar-refractivity contribution in [1.82, 2.24) is 4.98 Å². The molecule has 0 spiro atoms. The molecule has 148 valence electrons. The molecule has 1 N–H and O–H groups in total. The summed E-state index contributed by atoms with van der Waals surface area (Å²) in [4.78, 5) is 15.8. The molecule has 1 amide bonds. The van der Waals surface area contributed by atoms with E-state index in [1.54, 1.807) is 0 Å². The first kappa shape index (κ1) is 23.1. The van der Waals surface area contributed by atoms with E-state index in [4.69, 9.17) is 34.8 Å². The molecule has 0 radical (unpaired) electrons. The van der Waals surface area contributed by atoms with Crippen LogP contribution in [0.5, 0.6) is 0 Å². The zero-order chi connectivity index (χ0) is 20.1. The summed E-state index contributed by atoms with van der Waals surface area (Å²) in [5.74, 6) is 0. The number of alkyl halides is 6. The first-order chi connectivity index (χ1) is 11.9. The number of ether oxygens (including phenoxy) is 1. The molecule has 0 aromatic carbocycles. The molecule has 1 aliphatic rings. The van der Waals surface area contributed by atoms with Gasteiger partial charge < -0.3 is 4.74 Å². The Morgan fingerprint density at radius 2 is 1.81 bits per heavy atom. The second-order valence-electron chi connectivity index (χ2n) is 5.75. The van der Waals surface area contributed by atoms with Crippen molar-refractivity contribution in [3.8, 4) is 0 Å². The van der Waals surface area contributed by atoms with E-state index >= 15 is 0 Å². The molecule has 26 heavy (non-hydrogen) atoms. The minimum Gasteiger partial charge on any atom is -0.445 e. The standard InChI is InChI=1S/C13H12Cl3F3N2O2.C3H8/c1-6-9(13(17,18)19)10(7-3-2-4-8(7)20-6)21-11(22)23-5-12(14,15)16;1-3-2/h2-5H2,1H3,(H,20,21,22);3H2,1-2H3. The molecule has 4 nitrogen and oxygen atoms in total. The number of nitrogens with one attached hydrogen (secondary N) is 1. The van der Waals surface area contributed by atoms with Crippen molar-refractivity contribution < 1.29 is 22.7 Å². The molecule has 0 fully saturated rings. The maximum Gasteiger partial charge on any atom is 0.420 e. The predicted octanol–water partition coefficient (Wildman–Crippen LogP) is 6.23. The summed E-state index contributed by atoms with van der Waals surface area (Å²) in [6.45, 7) is 4.91. The molecule has 1 aromatic heterocycles. The average Bonchev–Trinajstić information content (AvgIpc) is 2.92. The Kier molecular flexibility index (Phi) is 8.30. The highest BCUT2D eigenvalue weighted by atomic mass is 35.6. The van der Waals surface area contributed by atoms with Gasteiger partial charge in [-0.2, -0.15) is 13.2 Å². The zero-order valence-electron chi connectivity index (χ0n) is 14.6. The van der Waals surface area contributed by atoms with E-state index in [1.807, 2.05) is 0 Å². The first-order valence-corrected chi connectivity index (χ1v) is 9.14. The van der Waals surface area contributed by atoms with E-state index in [0.717, 1.165) is 0 Å². The Morgan fingerprint density at radius 3 is 2.31 bits per heavy atom. The molecule has 0 saturated carbocycles. The summed E-state index contributed by atoms with van der Waals surface area (Å²) >= 11 is 16.3. The molecular formula is C16H20Cl3F3N2O2. The maximum absolute atomic E-state index is 13.3. The van der Waals surface area contributed by atoms with Gasteiger partial charge in [0.15, 0.2) is 0 Å². The Labute approximate surface area is 165 Å². The molecular weight excluding hydrogens is 416 g/mol. The van der Waals surface area contributed by atoms with Crippen molar-refractivity contribution in [2.45, 2.75) is 56.4 Å². The Morgan fingerprint density at radius 1 is 1.23 bits per heavy atom. The number of halogens is 6. The molecule has 0 unspecified atom stereocenters. The summed E-state index contributed by atoms with van der Waals surface area (Å²) in [7, 11) is 0. The number of carbonyl (C=O) groups excluding carboxylic acids is 1. The van der Waals surface area contributed by atoms with Crippen LogP contribution in [0.25, 0.3) is 0 Å². The zero-order valence-corrected chi connectivity index (χ0v) is 16.8. The first-order valence-electron chi connectivity index (χ1n) is 8.00. The van der Waals surface area contributed by atoms with Gasteiger partial charge >= 0.3 is 12.3 Å². The summed E-state index contributed by atoms with van der Waals surface area (Å²) < 4.78 is 42.7. The third kappa shape index (κ3) is 6.67. The fourth-order valence-corrected chi connectivity index (χ4v) is 2.64. The Bertz CT molecular complexity index is 647. The fourth-order valence-electron chi connectivity index (χ4n) is 2.48. The van der Waals surface area contributed by atoms with Crippen molar-refractivity contribution in [2.24, 2.45) is 0 Å². The number of hydrogen-bond acceptors (Lipinski definition) is 3. The van der Waals surface area contributed by atoms with Gasteiger partial charge in [0.05, 0.1) is 11.4 Å². The fraction of sp³-hybridized carbons (Fsp3) is 0.625. The number of aromatic nitrogens is 1. The molecule has 1 aliphatic carbocycles. The number of rotatable bonds is 2. The highest BCUT2D eigenvalue weighted by molar-refractivity contribution is 6.67. The summed E-state index contributed by atoms with van der Waals surface area (Å²) in [5.41, 5.74) is -0.591. The second kappa shape index (κ2) is 9.33. The average molecular weight is 436 g/mol. The third-order valence-corrected chi connectivity index (χ3v) is 3.61. The highest BCUT2D eigenvalue weighted by Crippen LogP contribution is 2.41. The van der Waals surface area contributed by atoms with Crippen LogP contribution in [0.3, 0.4) is 0 Å². The lowest BCUT2D eigenvalue weighted by Gasteiger charge is -2.20. The number of aryl methyl sites for hydroxylation is 2. The molecule has 0 atom stereocenters. The lowest BCUT2D eigenvalue weighted by molar-refractivity contribution is -0.137. The van der Waals surface area contributed by atoms with E-state index in [2.05, 4.69) is 28.9 Å². The van der Waals surface area contributed by atoms with Gasteiger partial charge in [0, 0.05) is 5.69 Å². The second-order valence-corrected chi connectivity index (χ2v) is 8.26. The maximum atomic E-state index is 13.3. The number of fused-ring (bicyclic) bond motifs is 1. The molecule has 0 bridgehead atoms. The minimum absolute atomic E-state index is 0.199. The number of amides is 1. The topological polar surface area (TPSA) is 51.2 Å². The van der Waals surface area contributed by atoms with Crippen molar-refractivity contribution in [1.29, 1.82) is 0 Å². The number of anilines is 1. The van der Waals surface area contributed by atoms with Crippen LogP contribution in [-0.4, -0.2) is 21.5 Å². The van der Waals surface area contributed by atoms with Crippen LogP contribution in [-0.2, 0) is 23.8 Å². The van der Waals surface area contributed by atoms with Gasteiger partial charge in [-0.3, -0.25) is 10.3 Å². The quantitative estimate of drug-likeness (QED) is 0.560. The van der Waals surface area contributed by atoms with Crippen molar-refractivity contribution in [3.05, 3.63) is 22.5 Å². The van der Waals surface area contributed by atoms with Crippen LogP contribution < -0.4 is 5.32 Å². The molecule has 10 heteroatoms. The van der Waals surface area contributed by atoms with Crippen LogP contribution in [0.15, 0.2) is 0 Å². The van der Waals surface area contributed by atoms with E-state index < -0.39 is 28.2 Å². The predicted molar refractivity (Wildman–Crippen MR) is 97.2 cm³/mol. The van der Waals surface area contributed by atoms with E-state index in [9.17, 15) is 18.0 Å². The van der Waals surface area contributed by atoms with Gasteiger partial charge in [0.25, 0.3) is 0 Å². The van der Waals surface area contributed by atoms with Crippen molar-refractivity contribution in [3.63, 3.8) is 0 Å². The Hall–Kier alpha value is -0.920. The Balaban J connectivity index is 0.00000105. The highest BCUT2D eigenvalue weighted by Gasteiger charge is 2.39. The van der Waals surface area contributed by atoms with Gasteiger partial charge in [-0.05, 0) is 31.7 Å². The normalized spacial score (nSPS) is 13.6. The molecule has 1 aromatic rings. The SMILES string of the molecule is CCC.Cc1nc2c(c(NC(=O)OCC(Cl)(Cl)Cl)c1C(F)(F)F)CCC2. The van der Waals surface area contributed by atoms with E-state index in [0.29, 0.717) is 30.5 Å². The lowest BCUT2D eigenvalue weighted by Crippen LogP contribution is -2.24. The van der Waals surface area contributed by atoms with Gasteiger partial charge in [0.1, 0.15) is 12.2 Å². The summed E-state index contributed by atoms with van der Waals surface area (Å²) in [6, 6.07) is 0. The van der Waals surface area contributed by atoms with Crippen molar-refractivity contribution >= 4 is 46.6 Å². The minimum atomic E-state index is -4.66. The smallest absolute Gasteiger partial charge is 0.420 e. The van der Waals surface area contributed by atoms with Gasteiger partial charge in [-0.15, -0.1) is 0 Å². The van der Waals surface area contributed by atoms with Crippen LogP contribution >= 0.6 is 34.8 Å². The molecule has 0 aliphatic heterocycles. The lowest BCUT2D eigenvalue weighted by atomic mass is 10.0. The van der Waals surface area contributed by atoms with E-state index in [1.165, 1.54) is 13.3 Å². The monoisotopic (exact) mass is 434 g/mol. The van der Waals surface area contributed by atoms with Gasteiger partial charge in [0.2, 0.25) is 3.79 Å². The van der Waals surface area contributed by atoms with E-state index in [-0.39, 0.29) is 11.4 Å². The summed E-state index contributed by atoms with van der Waals surface area (Å²) in [5, 5.41) is 2.13. The number of pyridine rings is 1. The van der Waals surface area contributed by atoms with Gasteiger partial charge in [-0.25, -0.2) is 4.79 Å². The van der Waals surface area contributed by atoms with Crippen LogP contribution in [0.4, 0.5) is 23.7 Å². The number of nitrogens with zero attached hydrogens (tertiary/aromatic N) is 1. The summed E-state index contributed by atoms with van der Waals surface area (Å²) in [6.07, 6.45) is -2.91. The molecule has 0 saturated heterocycles. The molecule has 2 rings (SSSR count). The third-order valence-electron chi connectivity index (χ3n) is 3.28. The number of hydrogen-bond donors (Lipinski definition) is 1. The number of carbonyl (C=O) groups is 1. The van der Waals surface area contributed by atoms with Crippen LogP contribution in [0, 0.1) is 6.92 Å². The van der Waals surface area contributed by atoms with Crippen molar-refractivity contribution in [2.75, 3.05) is 11.9 Å². The van der Waals surface area contributed by atoms with Crippen LogP contribution in [0.1, 0.15) is 49.2 Å². The van der Waals surface area contributed by atoms with Gasteiger partial charge in [-0.1, -0.05) is 55.1 Å².